The zero-order valence-corrected chi connectivity index (χ0v) is 9.55. The quantitative estimate of drug-likeness (QED) is 0.785. The van der Waals surface area contributed by atoms with Gasteiger partial charge in [0.1, 0.15) is 6.10 Å². The van der Waals surface area contributed by atoms with Crippen molar-refractivity contribution in [2.24, 2.45) is 0 Å². The normalized spacial score (nSPS) is 17.7. The standard InChI is InChI=1S/C11H15ClN2O/c1-8-2-3-10(11(12)14-8)15-9-4-6-13-7-5-9/h2-3,9,13H,4-7H2,1H3. The number of hydrogen-bond acceptors (Lipinski definition) is 3. The van der Waals surface area contributed by atoms with Crippen LogP contribution >= 0.6 is 11.6 Å². The van der Waals surface area contributed by atoms with Gasteiger partial charge in [-0.2, -0.15) is 0 Å². The molecule has 0 bridgehead atoms. The molecule has 0 atom stereocenters. The van der Waals surface area contributed by atoms with Crippen LogP contribution in [-0.2, 0) is 0 Å². The van der Waals surface area contributed by atoms with E-state index in [1.54, 1.807) is 0 Å². The smallest absolute Gasteiger partial charge is 0.171 e. The summed E-state index contributed by atoms with van der Waals surface area (Å²) in [6.45, 7) is 3.95. The summed E-state index contributed by atoms with van der Waals surface area (Å²) in [5, 5.41) is 3.76. The Kier molecular flexibility index (Phi) is 3.44. The van der Waals surface area contributed by atoms with E-state index in [4.69, 9.17) is 16.3 Å². The molecule has 0 unspecified atom stereocenters. The summed E-state index contributed by atoms with van der Waals surface area (Å²) in [5.41, 5.74) is 0.915. The maximum Gasteiger partial charge on any atom is 0.171 e. The van der Waals surface area contributed by atoms with E-state index < -0.39 is 0 Å². The van der Waals surface area contributed by atoms with Crippen molar-refractivity contribution in [3.05, 3.63) is 23.0 Å². The monoisotopic (exact) mass is 226 g/mol. The Morgan fingerprint density at radius 1 is 1.40 bits per heavy atom. The molecule has 0 saturated carbocycles. The minimum atomic E-state index is 0.272. The summed E-state index contributed by atoms with van der Waals surface area (Å²) in [6, 6.07) is 3.81. The number of pyridine rings is 1. The number of piperidine rings is 1. The Hall–Kier alpha value is -0.800. The molecule has 2 heterocycles. The molecule has 4 heteroatoms. The van der Waals surface area contributed by atoms with Crippen molar-refractivity contribution in [1.29, 1.82) is 0 Å². The third-order valence-electron chi connectivity index (χ3n) is 2.53. The molecule has 15 heavy (non-hydrogen) atoms. The van der Waals surface area contributed by atoms with Crippen LogP contribution in [0.2, 0.25) is 5.15 Å². The Labute approximate surface area is 94.8 Å². The largest absolute Gasteiger partial charge is 0.487 e. The molecule has 0 aliphatic carbocycles. The third-order valence-corrected chi connectivity index (χ3v) is 2.80. The van der Waals surface area contributed by atoms with Gasteiger partial charge in [-0.25, -0.2) is 4.98 Å². The molecule has 2 rings (SSSR count). The zero-order valence-electron chi connectivity index (χ0n) is 8.79. The van der Waals surface area contributed by atoms with Gasteiger partial charge in [-0.3, -0.25) is 0 Å². The fraction of sp³-hybridized carbons (Fsp3) is 0.545. The predicted molar refractivity (Wildman–Crippen MR) is 60.5 cm³/mol. The average molecular weight is 227 g/mol. The molecule has 82 valence electrons. The van der Waals surface area contributed by atoms with E-state index in [2.05, 4.69) is 10.3 Å². The molecule has 0 aromatic carbocycles. The van der Waals surface area contributed by atoms with Crippen molar-refractivity contribution in [1.82, 2.24) is 10.3 Å². The lowest BCUT2D eigenvalue weighted by Gasteiger charge is -2.24. The topological polar surface area (TPSA) is 34.1 Å². The van der Waals surface area contributed by atoms with Gasteiger partial charge in [0.15, 0.2) is 10.9 Å². The molecule has 1 N–H and O–H groups in total. The van der Waals surface area contributed by atoms with Crippen molar-refractivity contribution in [3.63, 3.8) is 0 Å². The van der Waals surface area contributed by atoms with E-state index in [9.17, 15) is 0 Å². The van der Waals surface area contributed by atoms with E-state index in [1.807, 2.05) is 19.1 Å². The molecule has 1 saturated heterocycles. The summed E-state index contributed by atoms with van der Waals surface area (Å²) >= 11 is 6.00. The number of hydrogen-bond donors (Lipinski definition) is 1. The molecular formula is C11H15ClN2O. The van der Waals surface area contributed by atoms with Crippen LogP contribution in [0.1, 0.15) is 18.5 Å². The van der Waals surface area contributed by atoms with Crippen LogP contribution in [0.3, 0.4) is 0 Å². The van der Waals surface area contributed by atoms with E-state index in [-0.39, 0.29) is 6.10 Å². The van der Waals surface area contributed by atoms with Crippen LogP contribution in [0, 0.1) is 6.92 Å². The van der Waals surface area contributed by atoms with Crippen molar-refractivity contribution >= 4 is 11.6 Å². The number of rotatable bonds is 2. The van der Waals surface area contributed by atoms with E-state index >= 15 is 0 Å². The first-order valence-corrected chi connectivity index (χ1v) is 5.64. The van der Waals surface area contributed by atoms with Gasteiger partial charge in [0, 0.05) is 5.69 Å². The van der Waals surface area contributed by atoms with E-state index in [1.165, 1.54) is 0 Å². The third kappa shape index (κ3) is 2.83. The molecule has 1 aromatic rings. The molecule has 1 aliphatic rings. The maximum absolute atomic E-state index is 6.00. The van der Waals surface area contributed by atoms with Gasteiger partial charge in [0.25, 0.3) is 0 Å². The van der Waals surface area contributed by atoms with Gasteiger partial charge in [0.2, 0.25) is 0 Å². The van der Waals surface area contributed by atoms with Gasteiger partial charge < -0.3 is 10.1 Å². The summed E-state index contributed by atoms with van der Waals surface area (Å²) in [6.07, 6.45) is 2.34. The Balaban J connectivity index is 2.03. The summed E-state index contributed by atoms with van der Waals surface area (Å²) in [4.78, 5) is 4.16. The fourth-order valence-electron chi connectivity index (χ4n) is 1.69. The highest BCUT2D eigenvalue weighted by molar-refractivity contribution is 6.30. The van der Waals surface area contributed by atoms with Crippen LogP contribution in [0.15, 0.2) is 12.1 Å². The molecule has 1 aromatic heterocycles. The van der Waals surface area contributed by atoms with E-state index in [0.29, 0.717) is 10.9 Å². The number of aryl methyl sites for hydroxylation is 1. The van der Waals surface area contributed by atoms with Crippen LogP contribution in [0.5, 0.6) is 5.75 Å². The van der Waals surface area contributed by atoms with E-state index in [0.717, 1.165) is 31.6 Å². The molecule has 1 aliphatic heterocycles. The van der Waals surface area contributed by atoms with Gasteiger partial charge in [-0.15, -0.1) is 0 Å². The average Bonchev–Trinajstić information content (AvgIpc) is 2.24. The number of halogens is 1. The van der Waals surface area contributed by atoms with Crippen LogP contribution < -0.4 is 10.1 Å². The Bertz CT molecular complexity index is 337. The van der Waals surface area contributed by atoms with Crippen molar-refractivity contribution < 1.29 is 4.74 Å². The second-order valence-corrected chi connectivity index (χ2v) is 4.17. The molecule has 3 nitrogen and oxygen atoms in total. The van der Waals surface area contributed by atoms with Crippen molar-refractivity contribution in [2.45, 2.75) is 25.9 Å². The van der Waals surface area contributed by atoms with Crippen molar-refractivity contribution in [2.75, 3.05) is 13.1 Å². The summed E-state index contributed by atoms with van der Waals surface area (Å²) < 4.78 is 5.81. The highest BCUT2D eigenvalue weighted by atomic mass is 35.5. The first-order chi connectivity index (χ1) is 7.25. The van der Waals surface area contributed by atoms with Crippen LogP contribution in [-0.4, -0.2) is 24.2 Å². The highest BCUT2D eigenvalue weighted by Gasteiger charge is 2.15. The molecule has 0 spiro atoms. The van der Waals surface area contributed by atoms with Crippen molar-refractivity contribution in [3.8, 4) is 5.75 Å². The highest BCUT2D eigenvalue weighted by Crippen LogP contribution is 2.24. The summed E-state index contributed by atoms with van der Waals surface area (Å²) in [7, 11) is 0. The lowest BCUT2D eigenvalue weighted by molar-refractivity contribution is 0.162. The number of aromatic nitrogens is 1. The predicted octanol–water partition coefficient (Wildman–Crippen LogP) is 2.17. The van der Waals surface area contributed by atoms with Gasteiger partial charge in [0.05, 0.1) is 0 Å². The van der Waals surface area contributed by atoms with Gasteiger partial charge >= 0.3 is 0 Å². The second kappa shape index (κ2) is 4.81. The van der Waals surface area contributed by atoms with Gasteiger partial charge in [-0.1, -0.05) is 11.6 Å². The first-order valence-electron chi connectivity index (χ1n) is 5.26. The number of nitrogens with one attached hydrogen (secondary N) is 1. The SMILES string of the molecule is Cc1ccc(OC2CCNCC2)c(Cl)n1. The van der Waals surface area contributed by atoms with Crippen LogP contribution in [0.4, 0.5) is 0 Å². The zero-order chi connectivity index (χ0) is 10.7. The fourth-order valence-corrected chi connectivity index (χ4v) is 1.93. The molecule has 0 radical (unpaired) electrons. The maximum atomic E-state index is 6.00. The molecule has 1 fully saturated rings. The number of nitrogens with zero attached hydrogens (tertiary/aromatic N) is 1. The lowest BCUT2D eigenvalue weighted by Crippen LogP contribution is -2.34. The molecule has 0 amide bonds. The second-order valence-electron chi connectivity index (χ2n) is 3.81. The first kappa shape index (κ1) is 10.7. The number of ether oxygens (including phenoxy) is 1. The lowest BCUT2D eigenvalue weighted by atomic mass is 10.1. The van der Waals surface area contributed by atoms with Gasteiger partial charge in [-0.05, 0) is 45.0 Å². The Morgan fingerprint density at radius 2 is 2.13 bits per heavy atom. The van der Waals surface area contributed by atoms with Crippen LogP contribution in [0.25, 0.3) is 0 Å². The molecular weight excluding hydrogens is 212 g/mol. The summed E-state index contributed by atoms with van der Waals surface area (Å²) in [5.74, 6) is 0.703. The minimum absolute atomic E-state index is 0.272. The minimum Gasteiger partial charge on any atom is -0.487 e. The Morgan fingerprint density at radius 3 is 2.80 bits per heavy atom.